The van der Waals surface area contributed by atoms with Gasteiger partial charge in [0, 0.05) is 12.1 Å². The predicted molar refractivity (Wildman–Crippen MR) is 52.8 cm³/mol. The lowest BCUT2D eigenvalue weighted by atomic mass is 10.0. The number of hydrogen-bond donors (Lipinski definition) is 1. The number of halogens is 3. The number of methoxy groups -OCH3 is 1. The van der Waals surface area contributed by atoms with Crippen LogP contribution in [-0.2, 0) is 0 Å². The lowest BCUT2D eigenvalue weighted by Crippen LogP contribution is -2.17. The zero-order valence-electron chi connectivity index (χ0n) is 8.82. The predicted octanol–water partition coefficient (Wildman–Crippen LogP) is 2.54. The molecule has 5 heteroatoms. The molecule has 0 amide bonds. The molecule has 0 aliphatic carbocycles. The Morgan fingerprint density at radius 3 is 2.62 bits per heavy atom. The molecule has 1 saturated heterocycles. The fourth-order valence-corrected chi connectivity index (χ4v) is 2.05. The summed E-state index contributed by atoms with van der Waals surface area (Å²) in [5.41, 5.74) is -0.0440. The number of benzene rings is 1. The monoisotopic (exact) mass is 231 g/mol. The lowest BCUT2D eigenvalue weighted by molar-refractivity contribution is 0.360. The second kappa shape index (κ2) is 4.33. The van der Waals surface area contributed by atoms with E-state index in [2.05, 4.69) is 5.32 Å². The summed E-state index contributed by atoms with van der Waals surface area (Å²) in [7, 11) is 1.24. The molecule has 0 bridgehead atoms. The van der Waals surface area contributed by atoms with Crippen molar-refractivity contribution >= 4 is 0 Å². The Hall–Kier alpha value is -1.23. The standard InChI is InChI=1S/C11H12F3NO/c1-16-11-7(13)5-6(12)10(14)9(11)8-3-2-4-15-8/h5,8,15H,2-4H2,1H3. The minimum absolute atomic E-state index is 0.0440. The van der Waals surface area contributed by atoms with E-state index in [1.54, 1.807) is 0 Å². The molecule has 0 aromatic heterocycles. The van der Waals surface area contributed by atoms with Crippen molar-refractivity contribution in [3.8, 4) is 5.75 Å². The summed E-state index contributed by atoms with van der Waals surface area (Å²) in [5.74, 6) is -3.29. The number of hydrogen-bond acceptors (Lipinski definition) is 2. The van der Waals surface area contributed by atoms with Crippen LogP contribution in [-0.4, -0.2) is 13.7 Å². The van der Waals surface area contributed by atoms with E-state index >= 15 is 0 Å². The van der Waals surface area contributed by atoms with E-state index in [0.717, 1.165) is 6.42 Å². The van der Waals surface area contributed by atoms with Gasteiger partial charge in [-0.25, -0.2) is 13.2 Å². The van der Waals surface area contributed by atoms with E-state index < -0.39 is 17.5 Å². The van der Waals surface area contributed by atoms with Gasteiger partial charge in [-0.1, -0.05) is 0 Å². The molecule has 0 radical (unpaired) electrons. The molecule has 88 valence electrons. The Morgan fingerprint density at radius 1 is 1.31 bits per heavy atom. The Labute approximate surface area is 91.4 Å². The molecular weight excluding hydrogens is 219 g/mol. The molecule has 1 fully saturated rings. The molecule has 1 atom stereocenters. The van der Waals surface area contributed by atoms with Gasteiger partial charge in [0.1, 0.15) is 0 Å². The number of ether oxygens (including phenoxy) is 1. The maximum absolute atomic E-state index is 13.6. The quantitative estimate of drug-likeness (QED) is 0.790. The first-order chi connectivity index (χ1) is 7.65. The van der Waals surface area contributed by atoms with Gasteiger partial charge in [-0.05, 0) is 19.4 Å². The zero-order valence-corrected chi connectivity index (χ0v) is 8.82. The summed E-state index contributed by atoms with van der Waals surface area (Å²) in [6, 6.07) is 0.132. The van der Waals surface area contributed by atoms with Crippen LogP contribution < -0.4 is 10.1 Å². The van der Waals surface area contributed by atoms with Crippen molar-refractivity contribution in [3.63, 3.8) is 0 Å². The van der Waals surface area contributed by atoms with E-state index in [1.165, 1.54) is 7.11 Å². The van der Waals surface area contributed by atoms with Crippen molar-refractivity contribution in [2.75, 3.05) is 13.7 Å². The molecule has 1 unspecified atom stereocenters. The third-order valence-electron chi connectivity index (χ3n) is 2.77. The molecular formula is C11H12F3NO. The second-order valence-electron chi connectivity index (χ2n) is 3.75. The van der Waals surface area contributed by atoms with Gasteiger partial charge in [-0.15, -0.1) is 0 Å². The second-order valence-corrected chi connectivity index (χ2v) is 3.75. The summed E-state index contributed by atoms with van der Waals surface area (Å²) in [5, 5.41) is 2.99. The van der Waals surface area contributed by atoms with Gasteiger partial charge >= 0.3 is 0 Å². The fraction of sp³-hybridized carbons (Fsp3) is 0.455. The number of nitrogens with one attached hydrogen (secondary N) is 1. The van der Waals surface area contributed by atoms with Gasteiger partial charge in [-0.2, -0.15) is 0 Å². The highest BCUT2D eigenvalue weighted by atomic mass is 19.2. The van der Waals surface area contributed by atoms with Crippen LogP contribution in [0.1, 0.15) is 24.4 Å². The van der Waals surface area contributed by atoms with Crippen LogP contribution in [0.25, 0.3) is 0 Å². The Morgan fingerprint density at radius 2 is 2.06 bits per heavy atom. The van der Waals surface area contributed by atoms with Crippen LogP contribution in [0.2, 0.25) is 0 Å². The van der Waals surface area contributed by atoms with Crippen molar-refractivity contribution in [2.24, 2.45) is 0 Å². The fourth-order valence-electron chi connectivity index (χ4n) is 2.05. The van der Waals surface area contributed by atoms with E-state index in [4.69, 9.17) is 4.74 Å². The third kappa shape index (κ3) is 1.75. The minimum Gasteiger partial charge on any atom is -0.493 e. The molecule has 1 heterocycles. The first-order valence-electron chi connectivity index (χ1n) is 5.10. The molecule has 2 nitrogen and oxygen atoms in total. The van der Waals surface area contributed by atoms with Gasteiger partial charge < -0.3 is 10.1 Å². The molecule has 1 aromatic rings. The molecule has 1 aliphatic heterocycles. The van der Waals surface area contributed by atoms with Crippen LogP contribution >= 0.6 is 0 Å². The third-order valence-corrected chi connectivity index (χ3v) is 2.77. The topological polar surface area (TPSA) is 21.3 Å². The van der Waals surface area contributed by atoms with Crippen LogP contribution in [0.4, 0.5) is 13.2 Å². The van der Waals surface area contributed by atoms with Gasteiger partial charge in [0.2, 0.25) is 0 Å². The highest BCUT2D eigenvalue weighted by molar-refractivity contribution is 5.39. The van der Waals surface area contributed by atoms with Gasteiger partial charge in [0.05, 0.1) is 12.7 Å². The molecule has 0 spiro atoms. The molecule has 1 aliphatic rings. The molecule has 16 heavy (non-hydrogen) atoms. The number of rotatable bonds is 2. The minimum atomic E-state index is -1.18. The zero-order chi connectivity index (χ0) is 11.7. The normalized spacial score (nSPS) is 20.1. The van der Waals surface area contributed by atoms with Crippen molar-refractivity contribution < 1.29 is 17.9 Å². The van der Waals surface area contributed by atoms with Gasteiger partial charge in [-0.3, -0.25) is 0 Å². The summed E-state index contributed by atoms with van der Waals surface area (Å²) >= 11 is 0. The Bertz CT molecular complexity index is 403. The van der Waals surface area contributed by atoms with Crippen molar-refractivity contribution in [1.29, 1.82) is 0 Å². The highest BCUT2D eigenvalue weighted by Crippen LogP contribution is 2.35. The molecule has 0 saturated carbocycles. The van der Waals surface area contributed by atoms with Gasteiger partial charge in [0.25, 0.3) is 0 Å². The van der Waals surface area contributed by atoms with Crippen molar-refractivity contribution in [1.82, 2.24) is 5.32 Å². The SMILES string of the molecule is COc1c(F)cc(F)c(F)c1C1CCCN1. The average Bonchev–Trinajstić information content (AvgIpc) is 2.76. The maximum Gasteiger partial charge on any atom is 0.168 e. The molecule has 2 rings (SSSR count). The first kappa shape index (κ1) is 11.3. The van der Waals surface area contributed by atoms with E-state index in [-0.39, 0.29) is 17.4 Å². The van der Waals surface area contributed by atoms with E-state index in [1.807, 2.05) is 0 Å². The largest absolute Gasteiger partial charge is 0.493 e. The van der Waals surface area contributed by atoms with Gasteiger partial charge in [0.15, 0.2) is 23.2 Å². The summed E-state index contributed by atoms with van der Waals surface area (Å²) in [6.07, 6.45) is 1.50. The maximum atomic E-state index is 13.6. The van der Waals surface area contributed by atoms with E-state index in [9.17, 15) is 13.2 Å². The lowest BCUT2D eigenvalue weighted by Gasteiger charge is -2.16. The highest BCUT2D eigenvalue weighted by Gasteiger charge is 2.28. The summed E-state index contributed by atoms with van der Waals surface area (Å²) in [6.45, 7) is 0.714. The van der Waals surface area contributed by atoms with Crippen molar-refractivity contribution in [2.45, 2.75) is 18.9 Å². The van der Waals surface area contributed by atoms with Crippen LogP contribution in [0.15, 0.2) is 6.07 Å². The Kier molecular flexibility index (Phi) is 3.05. The van der Waals surface area contributed by atoms with Crippen LogP contribution in [0, 0.1) is 17.5 Å². The summed E-state index contributed by atoms with van der Waals surface area (Å²) in [4.78, 5) is 0. The Balaban J connectivity index is 2.54. The molecule has 1 aromatic carbocycles. The van der Waals surface area contributed by atoms with Crippen LogP contribution in [0.5, 0.6) is 5.75 Å². The van der Waals surface area contributed by atoms with Crippen molar-refractivity contribution in [3.05, 3.63) is 29.1 Å². The smallest absolute Gasteiger partial charge is 0.168 e. The summed E-state index contributed by atoms with van der Waals surface area (Å²) < 4.78 is 44.9. The average molecular weight is 231 g/mol. The van der Waals surface area contributed by atoms with Crippen LogP contribution in [0.3, 0.4) is 0 Å². The molecule has 1 N–H and O–H groups in total. The first-order valence-corrected chi connectivity index (χ1v) is 5.10. The van der Waals surface area contributed by atoms with E-state index in [0.29, 0.717) is 19.0 Å².